The molecular formula is C31H48O. The molecule has 0 heterocycles. The first-order chi connectivity index (χ1) is 15.7. The maximum Gasteiger partial charge on any atom is 0.0575 e. The van der Waals surface area contributed by atoms with Gasteiger partial charge in [-0.1, -0.05) is 56.5 Å². The van der Waals surface area contributed by atoms with E-state index in [0.717, 1.165) is 18.9 Å². The van der Waals surface area contributed by atoms with Crippen molar-refractivity contribution in [2.24, 2.45) is 5.41 Å². The predicted octanol–water partition coefficient (Wildman–Crippen LogP) is 9.26. The zero-order valence-corrected chi connectivity index (χ0v) is 20.9. The molecule has 4 aliphatic rings. The molecule has 0 N–H and O–H groups in total. The van der Waals surface area contributed by atoms with E-state index in [1.807, 2.05) is 6.08 Å². The van der Waals surface area contributed by atoms with Crippen molar-refractivity contribution in [1.29, 1.82) is 0 Å². The van der Waals surface area contributed by atoms with Crippen molar-refractivity contribution >= 4 is 0 Å². The molecule has 0 amide bonds. The summed E-state index contributed by atoms with van der Waals surface area (Å²) >= 11 is 0. The molecule has 4 aliphatic carbocycles. The van der Waals surface area contributed by atoms with Gasteiger partial charge in [0.15, 0.2) is 0 Å². The van der Waals surface area contributed by atoms with Gasteiger partial charge in [-0.25, -0.2) is 0 Å². The Kier molecular flexibility index (Phi) is 8.55. The van der Waals surface area contributed by atoms with Crippen molar-refractivity contribution in [1.82, 2.24) is 0 Å². The van der Waals surface area contributed by atoms with Crippen molar-refractivity contribution in [2.45, 2.75) is 134 Å². The van der Waals surface area contributed by atoms with Crippen molar-refractivity contribution in [3.8, 4) is 0 Å². The molecule has 0 atom stereocenters. The van der Waals surface area contributed by atoms with Crippen LogP contribution < -0.4 is 0 Å². The van der Waals surface area contributed by atoms with Gasteiger partial charge in [0, 0.05) is 6.61 Å². The smallest absolute Gasteiger partial charge is 0.0575 e. The monoisotopic (exact) mass is 436 g/mol. The summed E-state index contributed by atoms with van der Waals surface area (Å²) in [6.45, 7) is 7.07. The van der Waals surface area contributed by atoms with Crippen LogP contribution in [-0.4, -0.2) is 12.7 Å². The van der Waals surface area contributed by atoms with Gasteiger partial charge in [0.1, 0.15) is 0 Å². The summed E-state index contributed by atoms with van der Waals surface area (Å²) < 4.78 is 6.15. The number of allylic oxidation sites excluding steroid dienone is 1. The zero-order chi connectivity index (χ0) is 22.3. The van der Waals surface area contributed by atoms with E-state index in [1.54, 1.807) is 11.1 Å². The fraction of sp³-hybridized carbons (Fsp3) is 0.742. The van der Waals surface area contributed by atoms with Crippen LogP contribution in [0.2, 0.25) is 0 Å². The Morgan fingerprint density at radius 3 is 2.19 bits per heavy atom. The van der Waals surface area contributed by atoms with Gasteiger partial charge in [0.05, 0.1) is 6.10 Å². The van der Waals surface area contributed by atoms with Crippen LogP contribution in [0.15, 0.2) is 36.9 Å². The van der Waals surface area contributed by atoms with E-state index in [0.29, 0.717) is 16.9 Å². The predicted molar refractivity (Wildman–Crippen MR) is 137 cm³/mol. The molecule has 1 nitrogen and oxygen atoms in total. The van der Waals surface area contributed by atoms with Crippen LogP contribution in [0.4, 0.5) is 0 Å². The average molecular weight is 437 g/mol. The number of hydrogen-bond donors (Lipinski definition) is 0. The molecule has 0 unspecified atom stereocenters. The minimum absolute atomic E-state index is 0.496. The first kappa shape index (κ1) is 24.1. The summed E-state index contributed by atoms with van der Waals surface area (Å²) in [5.41, 5.74) is 4.44. The Labute approximate surface area is 198 Å². The molecule has 0 saturated heterocycles. The minimum Gasteiger partial charge on any atom is -0.378 e. The lowest BCUT2D eigenvalue weighted by atomic mass is 9.51. The molecule has 0 radical (unpaired) electrons. The minimum atomic E-state index is 0.496. The Morgan fingerprint density at radius 2 is 1.56 bits per heavy atom. The largest absolute Gasteiger partial charge is 0.378 e. The van der Waals surface area contributed by atoms with Gasteiger partial charge in [-0.15, -0.1) is 6.58 Å². The van der Waals surface area contributed by atoms with Gasteiger partial charge in [0.25, 0.3) is 0 Å². The molecule has 2 bridgehead atoms. The van der Waals surface area contributed by atoms with Crippen LogP contribution in [0.25, 0.3) is 0 Å². The standard InChI is InChI=1S/C31H48O/c1-3-5-7-9-25-32-29-16-12-27(13-17-29)26-10-14-28(15-11-26)31-22-19-30(20-23-31,21-24-31)18-8-6-4-2/h3,10-11,14-15,27,29H,1,4-9,12-13,16-25H2,2H3/t27-,29-,30?,31?. The SMILES string of the molecule is C=CCCCCO[C@H]1CC[C@H](c2ccc(C34CCC(CCCCC)(CC3)CC4)cc2)CC1. The van der Waals surface area contributed by atoms with Gasteiger partial charge in [0.2, 0.25) is 0 Å². The van der Waals surface area contributed by atoms with Crippen LogP contribution in [0.1, 0.15) is 133 Å². The second-order valence-electron chi connectivity index (χ2n) is 11.5. The lowest BCUT2D eigenvalue weighted by Gasteiger charge is -2.54. The topological polar surface area (TPSA) is 9.23 Å². The van der Waals surface area contributed by atoms with Crippen molar-refractivity contribution in [2.75, 3.05) is 6.61 Å². The van der Waals surface area contributed by atoms with Crippen molar-refractivity contribution in [3.05, 3.63) is 48.0 Å². The molecule has 1 heteroatoms. The zero-order valence-electron chi connectivity index (χ0n) is 20.9. The van der Waals surface area contributed by atoms with Crippen molar-refractivity contribution < 1.29 is 4.74 Å². The van der Waals surface area contributed by atoms with E-state index in [-0.39, 0.29) is 0 Å². The second kappa shape index (κ2) is 11.4. The third-order valence-electron chi connectivity index (χ3n) is 9.54. The van der Waals surface area contributed by atoms with Gasteiger partial charge in [-0.3, -0.25) is 0 Å². The van der Waals surface area contributed by atoms with E-state index < -0.39 is 0 Å². The maximum absolute atomic E-state index is 6.15. The number of benzene rings is 1. The Balaban J connectivity index is 1.24. The number of fused-ring (bicyclic) bond motifs is 3. The third-order valence-corrected chi connectivity index (χ3v) is 9.54. The first-order valence-electron chi connectivity index (χ1n) is 14.0. The molecule has 1 aromatic carbocycles. The van der Waals surface area contributed by atoms with Crippen LogP contribution in [-0.2, 0) is 10.2 Å². The molecule has 32 heavy (non-hydrogen) atoms. The van der Waals surface area contributed by atoms with Crippen LogP contribution >= 0.6 is 0 Å². The quantitative estimate of drug-likeness (QED) is 0.234. The highest BCUT2D eigenvalue weighted by Crippen LogP contribution is 2.59. The number of unbranched alkanes of at least 4 members (excludes halogenated alkanes) is 4. The van der Waals surface area contributed by atoms with Gasteiger partial charge in [-0.05, 0) is 118 Å². The summed E-state index contributed by atoms with van der Waals surface area (Å²) in [7, 11) is 0. The molecule has 0 spiro atoms. The lowest BCUT2D eigenvalue weighted by molar-refractivity contribution is 0.0228. The molecule has 5 rings (SSSR count). The van der Waals surface area contributed by atoms with E-state index in [9.17, 15) is 0 Å². The Bertz CT molecular complexity index is 669. The molecular weight excluding hydrogens is 388 g/mol. The van der Waals surface area contributed by atoms with E-state index in [2.05, 4.69) is 37.8 Å². The highest BCUT2D eigenvalue weighted by atomic mass is 16.5. The number of hydrogen-bond acceptors (Lipinski definition) is 1. The van der Waals surface area contributed by atoms with E-state index >= 15 is 0 Å². The van der Waals surface area contributed by atoms with E-state index in [1.165, 1.54) is 103 Å². The van der Waals surface area contributed by atoms with Crippen molar-refractivity contribution in [3.63, 3.8) is 0 Å². The lowest BCUT2D eigenvalue weighted by Crippen LogP contribution is -2.44. The third kappa shape index (κ3) is 5.69. The van der Waals surface area contributed by atoms with Gasteiger partial charge >= 0.3 is 0 Å². The number of rotatable bonds is 12. The molecule has 178 valence electrons. The molecule has 0 aromatic heterocycles. The summed E-state index contributed by atoms with van der Waals surface area (Å²) in [5, 5.41) is 0. The highest BCUT2D eigenvalue weighted by Gasteiger charge is 2.48. The summed E-state index contributed by atoms with van der Waals surface area (Å²) in [6, 6.07) is 10.0. The Morgan fingerprint density at radius 1 is 0.875 bits per heavy atom. The fourth-order valence-corrected chi connectivity index (χ4v) is 7.13. The molecule has 4 fully saturated rings. The molecule has 4 saturated carbocycles. The second-order valence-corrected chi connectivity index (χ2v) is 11.5. The number of ether oxygens (including phenoxy) is 1. The molecule has 1 aromatic rings. The first-order valence-corrected chi connectivity index (χ1v) is 14.0. The maximum atomic E-state index is 6.15. The summed E-state index contributed by atoms with van der Waals surface area (Å²) in [6.07, 6.45) is 25.6. The summed E-state index contributed by atoms with van der Waals surface area (Å²) in [5.74, 6) is 0.742. The van der Waals surface area contributed by atoms with Gasteiger partial charge in [-0.2, -0.15) is 0 Å². The fourth-order valence-electron chi connectivity index (χ4n) is 7.13. The average Bonchev–Trinajstić information content (AvgIpc) is 2.86. The van der Waals surface area contributed by atoms with E-state index in [4.69, 9.17) is 4.74 Å². The molecule has 0 aliphatic heterocycles. The van der Waals surface area contributed by atoms with Crippen LogP contribution in [0.5, 0.6) is 0 Å². The summed E-state index contributed by atoms with van der Waals surface area (Å²) in [4.78, 5) is 0. The van der Waals surface area contributed by atoms with Crippen LogP contribution in [0, 0.1) is 5.41 Å². The van der Waals surface area contributed by atoms with Gasteiger partial charge < -0.3 is 4.74 Å². The highest BCUT2D eigenvalue weighted by molar-refractivity contribution is 5.33. The van der Waals surface area contributed by atoms with Crippen LogP contribution in [0.3, 0.4) is 0 Å². The Hall–Kier alpha value is -1.08. The normalized spacial score (nSPS) is 32.2.